The molecule has 12 heteroatoms. The van der Waals surface area contributed by atoms with Gasteiger partial charge in [-0.05, 0) is 43.3 Å². The van der Waals surface area contributed by atoms with Crippen molar-refractivity contribution in [1.29, 1.82) is 0 Å². The van der Waals surface area contributed by atoms with Gasteiger partial charge in [-0.2, -0.15) is 0 Å². The van der Waals surface area contributed by atoms with Gasteiger partial charge in [-0.25, -0.2) is 13.2 Å². The molecule has 0 saturated carbocycles. The monoisotopic (exact) mass is 505 g/mol. The molecular formula is C17H17BrClN3O6S. The van der Waals surface area contributed by atoms with Crippen molar-refractivity contribution < 1.29 is 27.9 Å². The molecule has 9 nitrogen and oxygen atoms in total. The molecule has 0 radical (unpaired) electrons. The zero-order chi connectivity index (χ0) is 21.8. The van der Waals surface area contributed by atoms with Crippen LogP contribution in [0.5, 0.6) is 5.75 Å². The zero-order valence-electron chi connectivity index (χ0n) is 15.2. The molecular weight excluding hydrogens is 490 g/mol. The molecule has 0 unspecified atom stereocenters. The van der Waals surface area contributed by atoms with Crippen LogP contribution in [0.2, 0.25) is 5.02 Å². The van der Waals surface area contributed by atoms with Gasteiger partial charge in [-0.15, -0.1) is 0 Å². The summed E-state index contributed by atoms with van der Waals surface area (Å²) >= 11 is 9.25. The van der Waals surface area contributed by atoms with Crippen LogP contribution >= 0.6 is 27.5 Å². The highest BCUT2D eigenvalue weighted by molar-refractivity contribution is 9.10. The Morgan fingerprint density at radius 2 is 1.90 bits per heavy atom. The van der Waals surface area contributed by atoms with Gasteiger partial charge < -0.3 is 20.5 Å². The number of amides is 2. The Balaban J connectivity index is 2.31. The van der Waals surface area contributed by atoms with Crippen LogP contribution < -0.4 is 20.1 Å². The van der Waals surface area contributed by atoms with Crippen LogP contribution in [0.1, 0.15) is 6.92 Å². The van der Waals surface area contributed by atoms with E-state index in [0.29, 0.717) is 4.47 Å². The van der Waals surface area contributed by atoms with Gasteiger partial charge in [0, 0.05) is 10.2 Å². The van der Waals surface area contributed by atoms with Gasteiger partial charge in [-0.1, -0.05) is 27.5 Å². The van der Waals surface area contributed by atoms with Gasteiger partial charge in [0.25, 0.3) is 10.0 Å². The average Bonchev–Trinajstić information content (AvgIpc) is 2.60. The van der Waals surface area contributed by atoms with E-state index in [1.165, 1.54) is 50.4 Å². The molecule has 0 spiro atoms. The highest BCUT2D eigenvalue weighted by Gasteiger charge is 2.21. The molecule has 0 saturated heterocycles. The Labute approximate surface area is 180 Å². The molecule has 156 valence electrons. The van der Waals surface area contributed by atoms with E-state index in [1.807, 2.05) is 5.32 Å². The van der Waals surface area contributed by atoms with Crippen molar-refractivity contribution in [3.63, 3.8) is 0 Å². The first-order valence-electron chi connectivity index (χ1n) is 7.99. The third-order valence-electron chi connectivity index (χ3n) is 3.63. The Bertz CT molecular complexity index is 1050. The van der Waals surface area contributed by atoms with E-state index in [2.05, 4.69) is 26.0 Å². The second kappa shape index (κ2) is 9.33. The molecule has 0 aliphatic rings. The number of methoxy groups -OCH3 is 1. The van der Waals surface area contributed by atoms with Crippen LogP contribution in [0, 0.1) is 0 Å². The Morgan fingerprint density at radius 1 is 1.21 bits per heavy atom. The highest BCUT2D eigenvalue weighted by Crippen LogP contribution is 2.32. The lowest BCUT2D eigenvalue weighted by Gasteiger charge is -2.16. The number of hydrogen-bond donors (Lipinski definition) is 4. The summed E-state index contributed by atoms with van der Waals surface area (Å²) < 4.78 is 33.6. The number of ether oxygens (including phenoxy) is 1. The smallest absolute Gasteiger partial charge is 0.405 e. The van der Waals surface area contributed by atoms with E-state index in [-0.39, 0.29) is 27.0 Å². The molecule has 0 aromatic heterocycles. The van der Waals surface area contributed by atoms with E-state index in [9.17, 15) is 18.0 Å². The van der Waals surface area contributed by atoms with Gasteiger partial charge >= 0.3 is 6.09 Å². The number of benzene rings is 2. The molecule has 2 aromatic carbocycles. The van der Waals surface area contributed by atoms with Crippen LogP contribution in [0.25, 0.3) is 0 Å². The van der Waals surface area contributed by atoms with Crippen LogP contribution in [0.3, 0.4) is 0 Å². The van der Waals surface area contributed by atoms with Crippen molar-refractivity contribution >= 4 is 60.9 Å². The number of carbonyl (C=O) groups is 2. The standard InChI is InChI=1S/C17H17BrClN3O6S/c1-9(20-17(24)25)16(23)21-11-4-5-14(28-2)13(8-11)22-29(26,27)15-6-3-10(18)7-12(15)19/h3-9,20,22H,1-2H3,(H,21,23)(H,24,25)/t9-/m1/s1. The summed E-state index contributed by atoms with van der Waals surface area (Å²) in [6.07, 6.45) is -1.35. The molecule has 1 atom stereocenters. The number of rotatable bonds is 7. The molecule has 2 amide bonds. The number of carboxylic acid groups (broad SMARTS) is 1. The minimum absolute atomic E-state index is 0.0175. The molecule has 0 fully saturated rings. The van der Waals surface area contributed by atoms with Crippen molar-refractivity contribution in [1.82, 2.24) is 5.32 Å². The third-order valence-corrected chi connectivity index (χ3v) is 5.97. The third kappa shape index (κ3) is 5.99. The van der Waals surface area contributed by atoms with Crippen molar-refractivity contribution in [3.05, 3.63) is 45.9 Å². The van der Waals surface area contributed by atoms with E-state index in [4.69, 9.17) is 21.4 Å². The van der Waals surface area contributed by atoms with Gasteiger partial charge in [-0.3, -0.25) is 9.52 Å². The minimum atomic E-state index is -4.06. The fourth-order valence-corrected chi connectivity index (χ4v) is 4.36. The summed E-state index contributed by atoms with van der Waals surface area (Å²) in [6, 6.07) is 7.57. The average molecular weight is 507 g/mol. The number of hydrogen-bond acceptors (Lipinski definition) is 5. The lowest BCUT2D eigenvalue weighted by Crippen LogP contribution is -2.40. The summed E-state index contributed by atoms with van der Waals surface area (Å²) in [5.74, 6) is -0.418. The molecule has 2 aromatic rings. The van der Waals surface area contributed by atoms with Crippen LogP contribution in [-0.2, 0) is 14.8 Å². The SMILES string of the molecule is COc1ccc(NC(=O)[C@@H](C)NC(=O)O)cc1NS(=O)(=O)c1ccc(Br)cc1Cl. The first kappa shape index (κ1) is 22.8. The number of halogens is 2. The Morgan fingerprint density at radius 3 is 2.48 bits per heavy atom. The summed E-state index contributed by atoms with van der Waals surface area (Å²) in [7, 11) is -2.70. The van der Waals surface area contributed by atoms with Gasteiger partial charge in [0.2, 0.25) is 5.91 Å². The Hall–Kier alpha value is -2.50. The summed E-state index contributed by atoms with van der Waals surface area (Å²) in [5, 5.41) is 13.2. The van der Waals surface area contributed by atoms with E-state index < -0.39 is 28.1 Å². The fraction of sp³-hybridized carbons (Fsp3) is 0.176. The van der Waals surface area contributed by atoms with E-state index >= 15 is 0 Å². The molecule has 0 aliphatic heterocycles. The molecule has 2 rings (SSSR count). The first-order valence-corrected chi connectivity index (χ1v) is 10.6. The van der Waals surface area contributed by atoms with Gasteiger partial charge in [0.1, 0.15) is 16.7 Å². The first-order chi connectivity index (χ1) is 13.5. The number of sulfonamides is 1. The maximum absolute atomic E-state index is 12.7. The highest BCUT2D eigenvalue weighted by atomic mass is 79.9. The van der Waals surface area contributed by atoms with Crippen molar-refractivity contribution in [2.45, 2.75) is 17.9 Å². The zero-order valence-corrected chi connectivity index (χ0v) is 18.4. The van der Waals surface area contributed by atoms with Crippen LogP contribution in [0.4, 0.5) is 16.2 Å². The molecule has 0 heterocycles. The van der Waals surface area contributed by atoms with Gasteiger partial charge in [0.15, 0.2) is 0 Å². The predicted molar refractivity (Wildman–Crippen MR) is 112 cm³/mol. The predicted octanol–water partition coefficient (Wildman–Crippen LogP) is 3.51. The second-order valence-corrected chi connectivity index (χ2v) is 8.73. The normalized spacial score (nSPS) is 12.0. The molecule has 0 aliphatic carbocycles. The fourth-order valence-electron chi connectivity index (χ4n) is 2.26. The second-order valence-electron chi connectivity index (χ2n) is 5.76. The molecule has 4 N–H and O–H groups in total. The Kier molecular flexibility index (Phi) is 7.33. The van der Waals surface area contributed by atoms with Crippen LogP contribution in [-0.4, -0.2) is 38.7 Å². The molecule has 0 bridgehead atoms. The van der Waals surface area contributed by atoms with Gasteiger partial charge in [0.05, 0.1) is 17.8 Å². The number of carbonyl (C=O) groups excluding carboxylic acids is 1. The quantitative estimate of drug-likeness (QED) is 0.454. The summed E-state index contributed by atoms with van der Waals surface area (Å²) in [6.45, 7) is 1.37. The van der Waals surface area contributed by atoms with E-state index in [1.54, 1.807) is 0 Å². The summed E-state index contributed by atoms with van der Waals surface area (Å²) in [5.41, 5.74) is 0.289. The topological polar surface area (TPSA) is 134 Å². The summed E-state index contributed by atoms with van der Waals surface area (Å²) in [4.78, 5) is 22.6. The van der Waals surface area contributed by atoms with E-state index in [0.717, 1.165) is 0 Å². The number of nitrogens with one attached hydrogen (secondary N) is 3. The largest absolute Gasteiger partial charge is 0.495 e. The lowest BCUT2D eigenvalue weighted by molar-refractivity contribution is -0.117. The maximum atomic E-state index is 12.7. The van der Waals surface area contributed by atoms with Crippen molar-refractivity contribution in [2.24, 2.45) is 0 Å². The van der Waals surface area contributed by atoms with Crippen LogP contribution in [0.15, 0.2) is 45.8 Å². The molecule has 29 heavy (non-hydrogen) atoms. The number of anilines is 2. The lowest BCUT2D eigenvalue weighted by atomic mass is 10.2. The van der Waals surface area contributed by atoms with Crippen molar-refractivity contribution in [2.75, 3.05) is 17.1 Å². The van der Waals surface area contributed by atoms with Crippen molar-refractivity contribution in [3.8, 4) is 5.75 Å². The maximum Gasteiger partial charge on any atom is 0.405 e. The minimum Gasteiger partial charge on any atom is -0.495 e.